The van der Waals surface area contributed by atoms with Crippen molar-refractivity contribution in [2.45, 2.75) is 6.54 Å². The van der Waals surface area contributed by atoms with Gasteiger partial charge in [0.2, 0.25) is 0 Å². The molecule has 0 aliphatic rings. The molecule has 0 radical (unpaired) electrons. The van der Waals surface area contributed by atoms with Gasteiger partial charge >= 0.3 is 0 Å². The van der Waals surface area contributed by atoms with Crippen LogP contribution in [-0.2, 0) is 6.54 Å². The van der Waals surface area contributed by atoms with Gasteiger partial charge in [0.15, 0.2) is 0 Å². The second-order valence-electron chi connectivity index (χ2n) is 5.02. The van der Waals surface area contributed by atoms with E-state index in [9.17, 15) is 9.18 Å². The van der Waals surface area contributed by atoms with E-state index in [2.05, 4.69) is 0 Å². The highest BCUT2D eigenvalue weighted by Crippen LogP contribution is 2.19. The molecule has 0 saturated carbocycles. The van der Waals surface area contributed by atoms with Gasteiger partial charge in [-0.1, -0.05) is 35.9 Å². The Labute approximate surface area is 132 Å². The minimum atomic E-state index is -0.281. The summed E-state index contributed by atoms with van der Waals surface area (Å²) in [5.41, 5.74) is 2.58. The van der Waals surface area contributed by atoms with E-state index in [-0.39, 0.29) is 11.4 Å². The Balaban J connectivity index is 1.96. The fraction of sp³-hybridized carbons (Fsp3) is 0.0556. The highest BCUT2D eigenvalue weighted by atomic mass is 35.5. The Hall–Kier alpha value is -2.39. The predicted octanol–water partition coefficient (Wildman–Crippen LogP) is 4.36. The van der Waals surface area contributed by atoms with Gasteiger partial charge in [0.05, 0.1) is 6.54 Å². The highest BCUT2D eigenvalue weighted by molar-refractivity contribution is 6.30. The van der Waals surface area contributed by atoms with Crippen LogP contribution in [0.3, 0.4) is 0 Å². The first kappa shape index (κ1) is 14.5. The van der Waals surface area contributed by atoms with Crippen molar-refractivity contribution in [3.05, 3.63) is 93.6 Å². The molecule has 1 aromatic heterocycles. The Morgan fingerprint density at radius 2 is 1.68 bits per heavy atom. The normalized spacial score (nSPS) is 10.6. The maximum Gasteiger partial charge on any atom is 0.250 e. The van der Waals surface area contributed by atoms with Gasteiger partial charge in [-0.2, -0.15) is 0 Å². The lowest BCUT2D eigenvalue weighted by atomic mass is 10.1. The van der Waals surface area contributed by atoms with Crippen LogP contribution in [0.1, 0.15) is 5.56 Å². The van der Waals surface area contributed by atoms with Gasteiger partial charge in [-0.3, -0.25) is 4.79 Å². The molecule has 2 aromatic carbocycles. The first-order chi connectivity index (χ1) is 10.6. The average Bonchev–Trinajstić information content (AvgIpc) is 2.50. The summed E-state index contributed by atoms with van der Waals surface area (Å²) in [5, 5.41) is 0.639. The fourth-order valence-corrected chi connectivity index (χ4v) is 2.51. The van der Waals surface area contributed by atoms with Crippen LogP contribution < -0.4 is 5.56 Å². The second-order valence-corrected chi connectivity index (χ2v) is 5.46. The number of rotatable bonds is 3. The smallest absolute Gasteiger partial charge is 0.250 e. The molecule has 0 N–H and O–H groups in total. The van der Waals surface area contributed by atoms with Crippen molar-refractivity contribution < 1.29 is 4.39 Å². The number of halogens is 2. The van der Waals surface area contributed by atoms with Crippen molar-refractivity contribution in [1.82, 2.24) is 4.57 Å². The third kappa shape index (κ3) is 3.26. The molecule has 0 saturated heterocycles. The van der Waals surface area contributed by atoms with Crippen molar-refractivity contribution in [2.75, 3.05) is 0 Å². The third-order valence-electron chi connectivity index (χ3n) is 3.40. The Morgan fingerprint density at radius 1 is 0.955 bits per heavy atom. The van der Waals surface area contributed by atoms with Crippen LogP contribution in [0.5, 0.6) is 0 Å². The molecule has 4 heteroatoms. The molecule has 3 rings (SSSR count). The number of hydrogen-bond acceptors (Lipinski definition) is 1. The standard InChI is InChI=1S/C18H13ClFNO/c19-16-3-1-2-13(10-16)11-21-12-15(6-9-18(21)22)14-4-7-17(20)8-5-14/h1-10,12H,11H2. The molecular weight excluding hydrogens is 301 g/mol. The third-order valence-corrected chi connectivity index (χ3v) is 3.64. The monoisotopic (exact) mass is 313 g/mol. The van der Waals surface area contributed by atoms with Crippen molar-refractivity contribution in [2.24, 2.45) is 0 Å². The van der Waals surface area contributed by atoms with E-state index in [0.29, 0.717) is 11.6 Å². The summed E-state index contributed by atoms with van der Waals surface area (Å²) in [7, 11) is 0. The molecule has 0 unspecified atom stereocenters. The average molecular weight is 314 g/mol. The van der Waals surface area contributed by atoms with E-state index < -0.39 is 0 Å². The van der Waals surface area contributed by atoms with Gasteiger partial charge in [0.25, 0.3) is 5.56 Å². The summed E-state index contributed by atoms with van der Waals surface area (Å²) in [6, 6.07) is 16.9. The number of aromatic nitrogens is 1. The SMILES string of the molecule is O=c1ccc(-c2ccc(F)cc2)cn1Cc1cccc(Cl)c1. The minimum Gasteiger partial charge on any atom is -0.310 e. The maximum atomic E-state index is 13.0. The summed E-state index contributed by atoms with van der Waals surface area (Å²) < 4.78 is 14.6. The van der Waals surface area contributed by atoms with Crippen LogP contribution in [0.25, 0.3) is 11.1 Å². The maximum absolute atomic E-state index is 13.0. The second kappa shape index (κ2) is 6.16. The number of hydrogen-bond donors (Lipinski definition) is 0. The lowest BCUT2D eigenvalue weighted by molar-refractivity contribution is 0.628. The molecule has 0 atom stereocenters. The van der Waals surface area contributed by atoms with Gasteiger partial charge in [0.1, 0.15) is 5.82 Å². The van der Waals surface area contributed by atoms with E-state index in [1.165, 1.54) is 18.2 Å². The molecule has 0 aliphatic heterocycles. The van der Waals surface area contributed by atoms with E-state index in [1.807, 2.05) is 18.2 Å². The largest absolute Gasteiger partial charge is 0.310 e. The highest BCUT2D eigenvalue weighted by Gasteiger charge is 2.03. The molecule has 0 spiro atoms. The molecule has 1 heterocycles. The molecule has 0 amide bonds. The van der Waals surface area contributed by atoms with Crippen LogP contribution in [-0.4, -0.2) is 4.57 Å². The van der Waals surface area contributed by atoms with Gasteiger partial charge in [-0.05, 0) is 47.0 Å². The lowest BCUT2D eigenvalue weighted by Gasteiger charge is -2.09. The van der Waals surface area contributed by atoms with Crippen LogP contribution in [0.2, 0.25) is 5.02 Å². The van der Waals surface area contributed by atoms with Gasteiger partial charge in [0, 0.05) is 17.3 Å². The summed E-state index contributed by atoms with van der Waals surface area (Å²) in [5.74, 6) is -0.281. The zero-order chi connectivity index (χ0) is 15.5. The predicted molar refractivity (Wildman–Crippen MR) is 86.7 cm³/mol. The van der Waals surface area contributed by atoms with Crippen molar-refractivity contribution >= 4 is 11.6 Å². The molecule has 0 aliphatic carbocycles. The molecule has 2 nitrogen and oxygen atoms in total. The Bertz CT molecular complexity index is 855. The molecule has 0 bridgehead atoms. The minimum absolute atomic E-state index is 0.0918. The van der Waals surface area contributed by atoms with Gasteiger partial charge in [-0.15, -0.1) is 0 Å². The van der Waals surface area contributed by atoms with Gasteiger partial charge < -0.3 is 4.57 Å². The van der Waals surface area contributed by atoms with E-state index in [0.717, 1.165) is 16.7 Å². The topological polar surface area (TPSA) is 22.0 Å². The molecule has 3 aromatic rings. The molecule has 0 fully saturated rings. The summed E-state index contributed by atoms with van der Waals surface area (Å²) >= 11 is 5.97. The zero-order valence-electron chi connectivity index (χ0n) is 11.7. The molecular formula is C18H13ClFNO. The van der Waals surface area contributed by atoms with E-state index >= 15 is 0 Å². The Kier molecular flexibility index (Phi) is 4.07. The van der Waals surface area contributed by atoms with E-state index in [4.69, 9.17) is 11.6 Å². The van der Waals surface area contributed by atoms with Crippen LogP contribution in [0, 0.1) is 5.82 Å². The van der Waals surface area contributed by atoms with E-state index in [1.54, 1.807) is 35.0 Å². The fourth-order valence-electron chi connectivity index (χ4n) is 2.30. The molecule has 110 valence electrons. The molecule has 22 heavy (non-hydrogen) atoms. The van der Waals surface area contributed by atoms with Crippen molar-refractivity contribution in [3.63, 3.8) is 0 Å². The quantitative estimate of drug-likeness (QED) is 0.704. The van der Waals surface area contributed by atoms with Crippen LogP contribution in [0.4, 0.5) is 4.39 Å². The summed E-state index contributed by atoms with van der Waals surface area (Å²) in [4.78, 5) is 12.0. The van der Waals surface area contributed by atoms with Crippen LogP contribution in [0.15, 0.2) is 71.7 Å². The lowest BCUT2D eigenvalue weighted by Crippen LogP contribution is -2.19. The van der Waals surface area contributed by atoms with Crippen LogP contribution >= 0.6 is 11.6 Å². The number of nitrogens with zero attached hydrogens (tertiary/aromatic N) is 1. The first-order valence-corrected chi connectivity index (χ1v) is 7.20. The first-order valence-electron chi connectivity index (χ1n) is 6.83. The summed E-state index contributed by atoms with van der Waals surface area (Å²) in [6.07, 6.45) is 1.77. The van der Waals surface area contributed by atoms with Crippen molar-refractivity contribution in [3.8, 4) is 11.1 Å². The van der Waals surface area contributed by atoms with Crippen molar-refractivity contribution in [1.29, 1.82) is 0 Å². The zero-order valence-corrected chi connectivity index (χ0v) is 12.4. The number of benzene rings is 2. The summed E-state index contributed by atoms with van der Waals surface area (Å²) in [6.45, 7) is 0.439. The Morgan fingerprint density at radius 3 is 2.41 bits per heavy atom. The number of pyridine rings is 1. The van der Waals surface area contributed by atoms with Gasteiger partial charge in [-0.25, -0.2) is 4.39 Å².